The van der Waals surface area contributed by atoms with Crippen molar-refractivity contribution < 1.29 is 14.6 Å². The Labute approximate surface area is 131 Å². The molecule has 0 aromatic rings. The Morgan fingerprint density at radius 2 is 1.24 bits per heavy atom. The van der Waals surface area contributed by atoms with E-state index in [1.165, 1.54) is 64.2 Å². The molecule has 0 aromatic carbocycles. The standard InChI is InChI=1S/C18H36O3/c1-3-4-5-6-7-8-9-10-11-12-13-14-18(2)20-15-17(19)16-21-18/h17,19H,3-16H2,1-2H3. The summed E-state index contributed by atoms with van der Waals surface area (Å²) in [4.78, 5) is 0. The fourth-order valence-corrected chi connectivity index (χ4v) is 2.89. The first-order valence-electron chi connectivity index (χ1n) is 9.12. The SMILES string of the molecule is CCCCCCCCCCCCCC1(C)OCC(O)CO1. The minimum absolute atomic E-state index is 0.411. The lowest BCUT2D eigenvalue weighted by Gasteiger charge is -2.36. The van der Waals surface area contributed by atoms with Crippen LogP contribution in [0.3, 0.4) is 0 Å². The first-order valence-corrected chi connectivity index (χ1v) is 9.12. The molecular formula is C18H36O3. The topological polar surface area (TPSA) is 38.7 Å². The highest BCUT2D eigenvalue weighted by Crippen LogP contribution is 2.25. The Bertz CT molecular complexity index is 235. The molecule has 0 unspecified atom stereocenters. The van der Waals surface area contributed by atoms with E-state index in [1.807, 2.05) is 6.92 Å². The zero-order valence-electron chi connectivity index (χ0n) is 14.2. The van der Waals surface area contributed by atoms with Gasteiger partial charge in [-0.3, -0.25) is 0 Å². The fraction of sp³-hybridized carbons (Fsp3) is 1.00. The van der Waals surface area contributed by atoms with Crippen LogP contribution in [0.4, 0.5) is 0 Å². The summed E-state index contributed by atoms with van der Waals surface area (Å²) in [6.07, 6.45) is 15.4. The largest absolute Gasteiger partial charge is 0.388 e. The van der Waals surface area contributed by atoms with E-state index in [1.54, 1.807) is 0 Å². The molecule has 0 aromatic heterocycles. The van der Waals surface area contributed by atoms with E-state index in [4.69, 9.17) is 9.47 Å². The Balaban J connectivity index is 1.84. The Kier molecular flexibility index (Phi) is 10.3. The molecule has 0 amide bonds. The van der Waals surface area contributed by atoms with Crippen molar-refractivity contribution in [1.29, 1.82) is 0 Å². The van der Waals surface area contributed by atoms with Crippen molar-refractivity contribution in [3.63, 3.8) is 0 Å². The van der Waals surface area contributed by atoms with E-state index in [2.05, 4.69) is 6.92 Å². The number of ether oxygens (including phenoxy) is 2. The number of hydrogen-bond donors (Lipinski definition) is 1. The first-order chi connectivity index (χ1) is 10.2. The lowest BCUT2D eigenvalue weighted by Crippen LogP contribution is -2.44. The molecule has 1 heterocycles. The number of aliphatic hydroxyl groups excluding tert-OH is 1. The quantitative estimate of drug-likeness (QED) is 0.526. The molecule has 126 valence electrons. The molecule has 1 N–H and O–H groups in total. The van der Waals surface area contributed by atoms with E-state index in [9.17, 15) is 5.11 Å². The maximum absolute atomic E-state index is 9.35. The van der Waals surface area contributed by atoms with Crippen LogP contribution in [0.15, 0.2) is 0 Å². The van der Waals surface area contributed by atoms with E-state index < -0.39 is 11.9 Å². The number of aliphatic hydroxyl groups is 1. The van der Waals surface area contributed by atoms with Crippen molar-refractivity contribution >= 4 is 0 Å². The summed E-state index contributed by atoms with van der Waals surface area (Å²) in [5.41, 5.74) is 0. The van der Waals surface area contributed by atoms with Gasteiger partial charge < -0.3 is 14.6 Å². The molecule has 0 radical (unpaired) electrons. The second-order valence-corrected chi connectivity index (χ2v) is 6.70. The van der Waals surface area contributed by atoms with E-state index in [0.29, 0.717) is 13.2 Å². The summed E-state index contributed by atoms with van der Waals surface area (Å²) in [7, 11) is 0. The number of unbranched alkanes of at least 4 members (excludes halogenated alkanes) is 10. The van der Waals surface area contributed by atoms with Gasteiger partial charge in [-0.25, -0.2) is 0 Å². The third-order valence-corrected chi connectivity index (χ3v) is 4.40. The van der Waals surface area contributed by atoms with Gasteiger partial charge in [-0.2, -0.15) is 0 Å². The normalized spacial score (nSPS) is 26.1. The van der Waals surface area contributed by atoms with Crippen molar-refractivity contribution in [2.45, 2.75) is 103 Å². The van der Waals surface area contributed by atoms with Gasteiger partial charge in [-0.05, 0) is 13.3 Å². The van der Waals surface area contributed by atoms with Gasteiger partial charge in [0.2, 0.25) is 0 Å². The molecule has 0 saturated carbocycles. The molecule has 21 heavy (non-hydrogen) atoms. The molecule has 0 bridgehead atoms. The van der Waals surface area contributed by atoms with Crippen LogP contribution in [0.25, 0.3) is 0 Å². The second-order valence-electron chi connectivity index (χ2n) is 6.70. The molecule has 1 rings (SSSR count). The van der Waals surface area contributed by atoms with Gasteiger partial charge in [0.25, 0.3) is 0 Å². The molecule has 0 spiro atoms. The van der Waals surface area contributed by atoms with Crippen LogP contribution in [0.1, 0.15) is 90.9 Å². The highest BCUT2D eigenvalue weighted by Gasteiger charge is 2.31. The van der Waals surface area contributed by atoms with Crippen molar-refractivity contribution in [1.82, 2.24) is 0 Å². The average Bonchev–Trinajstić information content (AvgIpc) is 2.48. The summed E-state index contributed by atoms with van der Waals surface area (Å²) in [5.74, 6) is -0.460. The minimum Gasteiger partial charge on any atom is -0.388 e. The summed E-state index contributed by atoms with van der Waals surface area (Å²) >= 11 is 0. The zero-order chi connectivity index (χ0) is 15.4. The third-order valence-electron chi connectivity index (χ3n) is 4.40. The average molecular weight is 300 g/mol. The zero-order valence-corrected chi connectivity index (χ0v) is 14.2. The smallest absolute Gasteiger partial charge is 0.165 e. The Morgan fingerprint density at radius 1 is 0.810 bits per heavy atom. The highest BCUT2D eigenvalue weighted by molar-refractivity contribution is 4.70. The molecule has 0 atom stereocenters. The van der Waals surface area contributed by atoms with Gasteiger partial charge in [0.1, 0.15) is 6.10 Å². The second kappa shape index (κ2) is 11.4. The summed E-state index contributed by atoms with van der Waals surface area (Å²) in [5, 5.41) is 9.35. The maximum atomic E-state index is 9.35. The molecule has 1 aliphatic rings. The van der Waals surface area contributed by atoms with E-state index >= 15 is 0 Å². The van der Waals surface area contributed by atoms with E-state index in [0.717, 1.165) is 12.8 Å². The van der Waals surface area contributed by atoms with Crippen molar-refractivity contribution in [2.75, 3.05) is 13.2 Å². The predicted octanol–water partition coefficient (Wildman–Crippen LogP) is 4.81. The van der Waals surface area contributed by atoms with Gasteiger partial charge >= 0.3 is 0 Å². The van der Waals surface area contributed by atoms with Gasteiger partial charge in [0, 0.05) is 6.42 Å². The van der Waals surface area contributed by atoms with Crippen LogP contribution in [0, 0.1) is 0 Å². The van der Waals surface area contributed by atoms with Gasteiger partial charge in [-0.1, -0.05) is 71.1 Å². The van der Waals surface area contributed by atoms with Crippen LogP contribution in [0.2, 0.25) is 0 Å². The predicted molar refractivity (Wildman–Crippen MR) is 87.4 cm³/mol. The molecule has 1 aliphatic heterocycles. The lowest BCUT2D eigenvalue weighted by molar-refractivity contribution is -0.285. The van der Waals surface area contributed by atoms with Gasteiger partial charge in [-0.15, -0.1) is 0 Å². The molecule has 3 heteroatoms. The molecule has 1 fully saturated rings. The van der Waals surface area contributed by atoms with E-state index in [-0.39, 0.29) is 0 Å². The molecular weight excluding hydrogens is 264 g/mol. The first kappa shape index (κ1) is 18.9. The van der Waals surface area contributed by atoms with Crippen LogP contribution >= 0.6 is 0 Å². The maximum Gasteiger partial charge on any atom is 0.165 e. The van der Waals surface area contributed by atoms with Crippen molar-refractivity contribution in [3.8, 4) is 0 Å². The summed E-state index contributed by atoms with van der Waals surface area (Å²) in [6, 6.07) is 0. The molecule has 0 aliphatic carbocycles. The van der Waals surface area contributed by atoms with Gasteiger partial charge in [0.05, 0.1) is 13.2 Å². The summed E-state index contributed by atoms with van der Waals surface area (Å²) < 4.78 is 11.2. The third kappa shape index (κ3) is 9.49. The molecule has 3 nitrogen and oxygen atoms in total. The van der Waals surface area contributed by atoms with Crippen molar-refractivity contribution in [3.05, 3.63) is 0 Å². The highest BCUT2D eigenvalue weighted by atomic mass is 16.7. The Hall–Kier alpha value is -0.120. The lowest BCUT2D eigenvalue weighted by atomic mass is 10.0. The van der Waals surface area contributed by atoms with Gasteiger partial charge in [0.15, 0.2) is 5.79 Å². The fourth-order valence-electron chi connectivity index (χ4n) is 2.89. The summed E-state index contributed by atoms with van der Waals surface area (Å²) in [6.45, 7) is 5.09. The number of rotatable bonds is 12. The molecule has 1 saturated heterocycles. The van der Waals surface area contributed by atoms with Crippen LogP contribution in [-0.2, 0) is 9.47 Å². The van der Waals surface area contributed by atoms with Crippen LogP contribution < -0.4 is 0 Å². The Morgan fingerprint density at radius 3 is 1.71 bits per heavy atom. The number of hydrogen-bond acceptors (Lipinski definition) is 3. The van der Waals surface area contributed by atoms with Crippen LogP contribution in [-0.4, -0.2) is 30.2 Å². The van der Waals surface area contributed by atoms with Crippen molar-refractivity contribution in [2.24, 2.45) is 0 Å². The van der Waals surface area contributed by atoms with Crippen LogP contribution in [0.5, 0.6) is 0 Å². The minimum atomic E-state index is -0.460. The monoisotopic (exact) mass is 300 g/mol.